The number of fused-ring (bicyclic) bond motifs is 1. The van der Waals surface area contributed by atoms with Crippen molar-refractivity contribution in [3.63, 3.8) is 0 Å². The average molecular weight is 438 g/mol. The summed E-state index contributed by atoms with van der Waals surface area (Å²) in [6, 6.07) is 17.6. The normalized spacial score (nSPS) is 21.5. The highest BCUT2D eigenvalue weighted by molar-refractivity contribution is 5.91. The quantitative estimate of drug-likeness (QED) is 0.715. The predicted molar refractivity (Wildman–Crippen MR) is 117 cm³/mol. The van der Waals surface area contributed by atoms with Crippen molar-refractivity contribution in [2.45, 2.75) is 25.3 Å². The van der Waals surface area contributed by atoms with Crippen molar-refractivity contribution in [3.8, 4) is 0 Å². The zero-order chi connectivity index (χ0) is 22.7. The molecule has 2 aliphatic rings. The van der Waals surface area contributed by atoms with E-state index < -0.39 is 18.8 Å². The van der Waals surface area contributed by atoms with Gasteiger partial charge in [-0.05, 0) is 11.1 Å². The number of nitrogens with one attached hydrogen (secondary N) is 1. The Balaban J connectivity index is 1.57. The molecule has 2 saturated heterocycles. The Bertz CT molecular complexity index is 971. The minimum absolute atomic E-state index is 0.0578. The smallest absolute Gasteiger partial charge is 0.334 e. The minimum atomic E-state index is -1.02. The van der Waals surface area contributed by atoms with Crippen LogP contribution in [0, 0.1) is 0 Å². The Morgan fingerprint density at radius 3 is 2.28 bits per heavy atom. The fourth-order valence-corrected chi connectivity index (χ4v) is 4.29. The van der Waals surface area contributed by atoms with Gasteiger partial charge in [-0.1, -0.05) is 60.7 Å². The number of hydrogen-bond donors (Lipinski definition) is 2. The number of carbonyl (C=O) groups excluding carboxylic acids is 3. The molecule has 2 aromatic carbocycles. The van der Waals surface area contributed by atoms with Crippen LogP contribution in [0.15, 0.2) is 60.7 Å². The number of aliphatic hydroxyl groups excluding tert-OH is 1. The van der Waals surface area contributed by atoms with E-state index in [1.165, 1.54) is 9.91 Å². The third-order valence-electron chi connectivity index (χ3n) is 5.82. The lowest BCUT2D eigenvalue weighted by Gasteiger charge is -2.54. The van der Waals surface area contributed by atoms with E-state index in [2.05, 4.69) is 5.32 Å². The molecule has 0 aromatic heterocycles. The summed E-state index contributed by atoms with van der Waals surface area (Å²) in [5.74, 6) is -0.619. The molecule has 0 aliphatic carbocycles. The zero-order valence-corrected chi connectivity index (χ0v) is 17.9. The van der Waals surface area contributed by atoms with E-state index >= 15 is 0 Å². The summed E-state index contributed by atoms with van der Waals surface area (Å²) in [6.07, 6.45) is -0.712. The molecule has 0 radical (unpaired) electrons. The molecule has 2 fully saturated rings. The third-order valence-corrected chi connectivity index (χ3v) is 5.82. The molecule has 0 unspecified atom stereocenters. The SMILES string of the molecule is CN1CC(=O)N2[C@@H](CO)C(=O)N(Cc3ccccc3)C[C@@H]2N1C(=O)NCc1ccccc1. The van der Waals surface area contributed by atoms with Crippen LogP contribution in [-0.4, -0.2) is 81.7 Å². The van der Waals surface area contributed by atoms with Crippen molar-refractivity contribution >= 4 is 17.8 Å². The summed E-state index contributed by atoms with van der Waals surface area (Å²) in [5.41, 5.74) is 1.88. The fraction of sp³-hybridized carbons (Fsp3) is 0.348. The second kappa shape index (κ2) is 9.37. The molecule has 32 heavy (non-hydrogen) atoms. The number of likely N-dealkylation sites (N-methyl/N-ethyl adjacent to an activating group) is 1. The van der Waals surface area contributed by atoms with E-state index in [-0.39, 0.29) is 30.9 Å². The predicted octanol–water partition coefficient (Wildman–Crippen LogP) is 0.617. The number of hydrogen-bond acceptors (Lipinski definition) is 5. The maximum absolute atomic E-state index is 13.2. The van der Waals surface area contributed by atoms with Crippen LogP contribution in [0.3, 0.4) is 0 Å². The topological polar surface area (TPSA) is 96.4 Å². The Labute approximate surface area is 186 Å². The number of aliphatic hydroxyl groups is 1. The van der Waals surface area contributed by atoms with Gasteiger partial charge in [0.05, 0.1) is 19.7 Å². The van der Waals surface area contributed by atoms with Gasteiger partial charge in [0.15, 0.2) is 0 Å². The van der Waals surface area contributed by atoms with Gasteiger partial charge in [0.1, 0.15) is 12.2 Å². The van der Waals surface area contributed by atoms with Gasteiger partial charge in [-0.2, -0.15) is 0 Å². The Morgan fingerprint density at radius 2 is 1.66 bits per heavy atom. The molecule has 2 atom stereocenters. The maximum atomic E-state index is 13.2. The number of nitrogens with zero attached hydrogens (tertiary/aromatic N) is 4. The molecule has 2 aromatic rings. The van der Waals surface area contributed by atoms with Crippen LogP contribution in [0.25, 0.3) is 0 Å². The van der Waals surface area contributed by atoms with E-state index in [1.54, 1.807) is 17.0 Å². The van der Waals surface area contributed by atoms with Gasteiger partial charge in [0.25, 0.3) is 0 Å². The number of urea groups is 1. The molecule has 168 valence electrons. The second-order valence-electron chi connectivity index (χ2n) is 7.99. The Kier molecular flexibility index (Phi) is 6.38. The van der Waals surface area contributed by atoms with Gasteiger partial charge < -0.3 is 20.2 Å². The highest BCUT2D eigenvalue weighted by Gasteiger charge is 2.50. The van der Waals surface area contributed by atoms with Crippen LogP contribution in [0.2, 0.25) is 0 Å². The van der Waals surface area contributed by atoms with Gasteiger partial charge in [-0.25, -0.2) is 14.8 Å². The van der Waals surface area contributed by atoms with Crippen molar-refractivity contribution < 1.29 is 19.5 Å². The molecular formula is C23H27N5O4. The van der Waals surface area contributed by atoms with Gasteiger partial charge in [-0.15, -0.1) is 0 Å². The first-order chi connectivity index (χ1) is 15.5. The van der Waals surface area contributed by atoms with Crippen molar-refractivity contribution in [2.24, 2.45) is 0 Å². The molecule has 2 aliphatic heterocycles. The van der Waals surface area contributed by atoms with E-state index in [0.29, 0.717) is 13.1 Å². The molecule has 9 heteroatoms. The molecule has 4 amide bonds. The Hall–Kier alpha value is -3.43. The summed E-state index contributed by atoms with van der Waals surface area (Å²) in [6.45, 7) is 0.255. The summed E-state index contributed by atoms with van der Waals surface area (Å²) in [4.78, 5) is 42.0. The van der Waals surface area contributed by atoms with Crippen LogP contribution >= 0.6 is 0 Å². The lowest BCUT2D eigenvalue weighted by Crippen LogP contribution is -2.76. The lowest BCUT2D eigenvalue weighted by molar-refractivity contribution is -0.189. The number of rotatable bonds is 5. The van der Waals surface area contributed by atoms with Gasteiger partial charge in [0, 0.05) is 20.1 Å². The van der Waals surface area contributed by atoms with Crippen molar-refractivity contribution in [3.05, 3.63) is 71.8 Å². The first-order valence-corrected chi connectivity index (χ1v) is 10.6. The third kappa shape index (κ3) is 4.30. The second-order valence-corrected chi connectivity index (χ2v) is 7.99. The van der Waals surface area contributed by atoms with Gasteiger partial charge in [0.2, 0.25) is 11.8 Å². The van der Waals surface area contributed by atoms with Crippen LogP contribution in [0.4, 0.5) is 4.79 Å². The molecule has 0 bridgehead atoms. The summed E-state index contributed by atoms with van der Waals surface area (Å²) in [7, 11) is 1.67. The largest absolute Gasteiger partial charge is 0.394 e. The number of hydrazine groups is 1. The minimum Gasteiger partial charge on any atom is -0.394 e. The van der Waals surface area contributed by atoms with E-state index in [0.717, 1.165) is 11.1 Å². The van der Waals surface area contributed by atoms with Crippen LogP contribution in [0.5, 0.6) is 0 Å². The summed E-state index contributed by atoms with van der Waals surface area (Å²) >= 11 is 0. The van der Waals surface area contributed by atoms with Crippen LogP contribution < -0.4 is 5.32 Å². The number of amides is 4. The number of piperazine rings is 1. The zero-order valence-electron chi connectivity index (χ0n) is 17.9. The van der Waals surface area contributed by atoms with Gasteiger partial charge in [-0.3, -0.25) is 9.59 Å². The summed E-state index contributed by atoms with van der Waals surface area (Å²) in [5, 5.41) is 15.9. The molecule has 4 rings (SSSR count). The standard InChI is InChI=1S/C23H27N5O4/c1-25-15-21(30)27-19(16-29)22(31)26(13-18-10-6-3-7-11-18)14-20(27)28(25)23(32)24-12-17-8-4-2-5-9-17/h2-11,19-20,29H,12-16H2,1H3,(H,24,32)/t19-,20-/m0/s1. The molecular weight excluding hydrogens is 410 g/mol. The van der Waals surface area contributed by atoms with E-state index in [9.17, 15) is 19.5 Å². The number of benzene rings is 2. The number of carbonyl (C=O) groups is 3. The molecule has 2 N–H and O–H groups in total. The van der Waals surface area contributed by atoms with Gasteiger partial charge >= 0.3 is 6.03 Å². The Morgan fingerprint density at radius 1 is 1.03 bits per heavy atom. The first-order valence-electron chi connectivity index (χ1n) is 10.6. The highest BCUT2D eigenvalue weighted by atomic mass is 16.3. The molecule has 0 spiro atoms. The molecule has 9 nitrogen and oxygen atoms in total. The average Bonchev–Trinajstić information content (AvgIpc) is 2.80. The fourth-order valence-electron chi connectivity index (χ4n) is 4.29. The maximum Gasteiger partial charge on any atom is 0.334 e. The van der Waals surface area contributed by atoms with Crippen molar-refractivity contribution in [1.82, 2.24) is 25.1 Å². The van der Waals surface area contributed by atoms with Crippen LogP contribution in [-0.2, 0) is 22.7 Å². The van der Waals surface area contributed by atoms with E-state index in [1.807, 2.05) is 60.7 Å². The lowest BCUT2D eigenvalue weighted by atomic mass is 10.1. The van der Waals surface area contributed by atoms with Crippen LogP contribution in [0.1, 0.15) is 11.1 Å². The molecule has 0 saturated carbocycles. The first kappa shape index (κ1) is 21.8. The van der Waals surface area contributed by atoms with Crippen molar-refractivity contribution in [1.29, 1.82) is 0 Å². The monoisotopic (exact) mass is 437 g/mol. The highest BCUT2D eigenvalue weighted by Crippen LogP contribution is 2.26. The van der Waals surface area contributed by atoms with Crippen molar-refractivity contribution in [2.75, 3.05) is 26.7 Å². The molecule has 2 heterocycles. The summed E-state index contributed by atoms with van der Waals surface area (Å²) < 4.78 is 0. The van der Waals surface area contributed by atoms with E-state index in [4.69, 9.17) is 0 Å².